The predicted molar refractivity (Wildman–Crippen MR) is 85.4 cm³/mol. The molecule has 104 valence electrons. The first-order valence-corrected chi connectivity index (χ1v) is 7.53. The molecular formula is C15H11ClN4S. The Labute approximate surface area is 131 Å². The zero-order valence-corrected chi connectivity index (χ0v) is 12.5. The van der Waals surface area contributed by atoms with Gasteiger partial charge in [0.05, 0.1) is 39.1 Å². The molecule has 2 N–H and O–H groups in total. The van der Waals surface area contributed by atoms with Crippen LogP contribution in [0.4, 0.5) is 5.69 Å². The van der Waals surface area contributed by atoms with Crippen LogP contribution in [0, 0.1) is 11.3 Å². The molecule has 0 atom stereocenters. The lowest BCUT2D eigenvalue weighted by Crippen LogP contribution is -2.00. The lowest BCUT2D eigenvalue weighted by molar-refractivity contribution is 1.10. The van der Waals surface area contributed by atoms with Crippen molar-refractivity contribution in [2.45, 2.75) is 6.54 Å². The molecule has 0 radical (unpaired) electrons. The van der Waals surface area contributed by atoms with Crippen LogP contribution in [0.15, 0.2) is 41.9 Å². The first-order chi connectivity index (χ1) is 10.3. The summed E-state index contributed by atoms with van der Waals surface area (Å²) < 4.78 is 0. The smallest absolute Gasteiger partial charge is 0.0992 e. The number of aromatic amines is 1. The van der Waals surface area contributed by atoms with Gasteiger partial charge in [0.15, 0.2) is 0 Å². The fourth-order valence-corrected chi connectivity index (χ4v) is 2.94. The zero-order valence-electron chi connectivity index (χ0n) is 10.9. The number of nitriles is 1. The van der Waals surface area contributed by atoms with E-state index in [4.69, 9.17) is 16.9 Å². The maximum atomic E-state index is 8.94. The predicted octanol–water partition coefficient (Wildman–Crippen LogP) is 4.28. The molecule has 1 aromatic carbocycles. The summed E-state index contributed by atoms with van der Waals surface area (Å²) in [6.45, 7) is 0.582. The highest BCUT2D eigenvalue weighted by atomic mass is 35.5. The largest absolute Gasteiger partial charge is 0.380 e. The van der Waals surface area contributed by atoms with Gasteiger partial charge >= 0.3 is 0 Å². The van der Waals surface area contributed by atoms with Crippen LogP contribution in [-0.4, -0.2) is 10.2 Å². The van der Waals surface area contributed by atoms with Gasteiger partial charge in [-0.25, -0.2) is 0 Å². The number of H-pyrrole nitrogens is 1. The summed E-state index contributed by atoms with van der Waals surface area (Å²) in [6, 6.07) is 11.3. The molecule has 0 saturated carbocycles. The Balaban J connectivity index is 1.80. The summed E-state index contributed by atoms with van der Waals surface area (Å²) >= 11 is 7.80. The highest BCUT2D eigenvalue weighted by molar-refractivity contribution is 7.13. The number of hydrogen-bond acceptors (Lipinski definition) is 4. The van der Waals surface area contributed by atoms with E-state index in [9.17, 15) is 0 Å². The number of nitrogens with zero attached hydrogens (tertiary/aromatic N) is 2. The molecule has 21 heavy (non-hydrogen) atoms. The quantitative estimate of drug-likeness (QED) is 0.755. The second-order valence-corrected chi connectivity index (χ2v) is 5.76. The maximum absolute atomic E-state index is 8.94. The molecule has 4 nitrogen and oxygen atoms in total. The van der Waals surface area contributed by atoms with Gasteiger partial charge in [0.1, 0.15) is 0 Å². The molecule has 0 saturated heterocycles. The van der Waals surface area contributed by atoms with E-state index < -0.39 is 0 Å². The summed E-state index contributed by atoms with van der Waals surface area (Å²) in [5.74, 6) is 0. The summed E-state index contributed by atoms with van der Waals surface area (Å²) in [6.07, 6.45) is 1.80. The van der Waals surface area contributed by atoms with Crippen molar-refractivity contribution in [2.75, 3.05) is 5.32 Å². The molecule has 0 spiro atoms. The van der Waals surface area contributed by atoms with Crippen molar-refractivity contribution in [3.63, 3.8) is 0 Å². The van der Waals surface area contributed by atoms with Crippen LogP contribution in [0.25, 0.3) is 10.6 Å². The minimum atomic E-state index is 0.576. The van der Waals surface area contributed by atoms with Crippen LogP contribution < -0.4 is 5.32 Å². The SMILES string of the molecule is N#Cc1ccc(Cl)c(NCc2cn[nH]c2-c2cccs2)c1. The van der Waals surface area contributed by atoms with Crippen molar-refractivity contribution >= 4 is 28.6 Å². The van der Waals surface area contributed by atoms with Gasteiger partial charge in [0, 0.05) is 12.1 Å². The third-order valence-electron chi connectivity index (χ3n) is 3.05. The number of benzene rings is 1. The van der Waals surface area contributed by atoms with E-state index in [0.29, 0.717) is 17.1 Å². The molecule has 0 fully saturated rings. The maximum Gasteiger partial charge on any atom is 0.0992 e. The van der Waals surface area contributed by atoms with E-state index in [1.165, 1.54) is 0 Å². The average Bonchev–Trinajstić information content (AvgIpc) is 3.17. The van der Waals surface area contributed by atoms with Gasteiger partial charge in [-0.2, -0.15) is 10.4 Å². The van der Waals surface area contributed by atoms with E-state index >= 15 is 0 Å². The van der Waals surface area contributed by atoms with Gasteiger partial charge in [-0.05, 0) is 29.6 Å². The Morgan fingerprint density at radius 3 is 3.05 bits per heavy atom. The molecule has 0 amide bonds. The van der Waals surface area contributed by atoms with Crippen LogP contribution >= 0.6 is 22.9 Å². The molecule has 3 aromatic rings. The second-order valence-electron chi connectivity index (χ2n) is 4.41. The highest BCUT2D eigenvalue weighted by Crippen LogP contribution is 2.28. The molecule has 0 unspecified atom stereocenters. The Bertz CT molecular complexity index is 786. The van der Waals surface area contributed by atoms with Crippen molar-refractivity contribution in [3.8, 4) is 16.6 Å². The first-order valence-electron chi connectivity index (χ1n) is 6.27. The standard InChI is InChI=1S/C15H11ClN4S/c16-12-4-3-10(7-17)6-13(12)18-8-11-9-19-20-15(11)14-2-1-5-21-14/h1-6,9,18H,8H2,(H,19,20). The van der Waals surface area contributed by atoms with E-state index in [2.05, 4.69) is 21.6 Å². The zero-order chi connectivity index (χ0) is 14.7. The third kappa shape index (κ3) is 2.92. The van der Waals surface area contributed by atoms with Crippen molar-refractivity contribution in [2.24, 2.45) is 0 Å². The Hall–Kier alpha value is -2.29. The molecule has 0 aliphatic carbocycles. The Kier molecular flexibility index (Phi) is 3.91. The fourth-order valence-electron chi connectivity index (χ4n) is 2.00. The van der Waals surface area contributed by atoms with Crippen molar-refractivity contribution in [1.29, 1.82) is 5.26 Å². The summed E-state index contributed by atoms with van der Waals surface area (Å²) in [7, 11) is 0. The summed E-state index contributed by atoms with van der Waals surface area (Å²) in [5, 5.41) is 21.9. The van der Waals surface area contributed by atoms with Crippen molar-refractivity contribution in [1.82, 2.24) is 10.2 Å². The first kappa shape index (κ1) is 13.7. The van der Waals surface area contributed by atoms with Crippen molar-refractivity contribution in [3.05, 3.63) is 58.1 Å². The molecule has 2 heterocycles. The normalized spacial score (nSPS) is 10.3. The molecule has 3 rings (SSSR count). The second kappa shape index (κ2) is 6.00. The third-order valence-corrected chi connectivity index (χ3v) is 4.27. The van der Waals surface area contributed by atoms with E-state index in [1.807, 2.05) is 17.5 Å². The number of anilines is 1. The lowest BCUT2D eigenvalue weighted by atomic mass is 10.2. The van der Waals surface area contributed by atoms with Gasteiger partial charge in [0.2, 0.25) is 0 Å². The van der Waals surface area contributed by atoms with E-state index in [1.54, 1.807) is 35.7 Å². The van der Waals surface area contributed by atoms with Crippen LogP contribution in [-0.2, 0) is 6.54 Å². The minimum Gasteiger partial charge on any atom is -0.380 e. The lowest BCUT2D eigenvalue weighted by Gasteiger charge is -2.08. The van der Waals surface area contributed by atoms with Gasteiger partial charge in [-0.15, -0.1) is 11.3 Å². The molecule has 0 aliphatic heterocycles. The monoisotopic (exact) mass is 314 g/mol. The van der Waals surface area contributed by atoms with Crippen molar-refractivity contribution < 1.29 is 0 Å². The topological polar surface area (TPSA) is 64.5 Å². The fraction of sp³-hybridized carbons (Fsp3) is 0.0667. The molecule has 2 aromatic heterocycles. The number of thiophene rings is 1. The summed E-state index contributed by atoms with van der Waals surface area (Å²) in [5.41, 5.74) is 3.38. The van der Waals surface area contributed by atoms with Crippen LogP contribution in [0.5, 0.6) is 0 Å². The molecule has 0 aliphatic rings. The van der Waals surface area contributed by atoms with Gasteiger partial charge < -0.3 is 5.32 Å². The minimum absolute atomic E-state index is 0.576. The Morgan fingerprint density at radius 2 is 2.29 bits per heavy atom. The number of hydrogen-bond donors (Lipinski definition) is 2. The average molecular weight is 315 g/mol. The molecular weight excluding hydrogens is 304 g/mol. The highest BCUT2D eigenvalue weighted by Gasteiger charge is 2.09. The number of halogens is 1. The summed E-state index contributed by atoms with van der Waals surface area (Å²) in [4.78, 5) is 1.14. The van der Waals surface area contributed by atoms with Gasteiger partial charge in [0.25, 0.3) is 0 Å². The number of aromatic nitrogens is 2. The van der Waals surface area contributed by atoms with E-state index in [-0.39, 0.29) is 0 Å². The number of nitrogens with one attached hydrogen (secondary N) is 2. The Morgan fingerprint density at radius 1 is 1.38 bits per heavy atom. The van der Waals surface area contributed by atoms with Gasteiger partial charge in [-0.3, -0.25) is 5.10 Å². The molecule has 6 heteroatoms. The van der Waals surface area contributed by atoms with E-state index in [0.717, 1.165) is 21.8 Å². The van der Waals surface area contributed by atoms with Gasteiger partial charge in [-0.1, -0.05) is 17.7 Å². The molecule has 0 bridgehead atoms. The number of rotatable bonds is 4. The van der Waals surface area contributed by atoms with Crippen LogP contribution in [0.2, 0.25) is 5.02 Å². The van der Waals surface area contributed by atoms with Crippen LogP contribution in [0.1, 0.15) is 11.1 Å². The van der Waals surface area contributed by atoms with Crippen LogP contribution in [0.3, 0.4) is 0 Å².